The second kappa shape index (κ2) is 8.80. The minimum atomic E-state index is -0.377. The zero-order chi connectivity index (χ0) is 19.4. The normalized spacial score (nSPS) is 13.4. The largest absolute Gasteiger partial charge is 0.462 e. The lowest BCUT2D eigenvalue weighted by Gasteiger charge is -2.12. The first-order valence-corrected chi connectivity index (χ1v) is 10.4. The van der Waals surface area contributed by atoms with E-state index in [4.69, 9.17) is 17.0 Å². The first kappa shape index (κ1) is 19.8. The van der Waals surface area contributed by atoms with Crippen LogP contribution in [0.15, 0.2) is 18.2 Å². The van der Waals surface area contributed by atoms with E-state index in [1.807, 2.05) is 6.92 Å². The summed E-state index contributed by atoms with van der Waals surface area (Å²) in [5.41, 5.74) is 2.88. The minimum absolute atomic E-state index is 0.251. The van der Waals surface area contributed by atoms with E-state index in [2.05, 4.69) is 10.6 Å². The highest BCUT2D eigenvalue weighted by atomic mass is 32.1. The summed E-state index contributed by atoms with van der Waals surface area (Å²) in [5.74, 6) is -0.707. The van der Waals surface area contributed by atoms with Gasteiger partial charge in [-0.25, -0.2) is 9.18 Å². The number of hydrogen-bond donors (Lipinski definition) is 2. The van der Waals surface area contributed by atoms with E-state index < -0.39 is 0 Å². The van der Waals surface area contributed by atoms with Gasteiger partial charge < -0.3 is 15.4 Å². The van der Waals surface area contributed by atoms with Crippen LogP contribution in [0.2, 0.25) is 0 Å². The van der Waals surface area contributed by atoms with Crippen molar-refractivity contribution in [3.63, 3.8) is 0 Å². The van der Waals surface area contributed by atoms with E-state index in [1.54, 1.807) is 30.4 Å². The Morgan fingerprint density at radius 2 is 2.04 bits per heavy atom. The van der Waals surface area contributed by atoms with E-state index in [-0.39, 0.29) is 16.9 Å². The number of fused-ring (bicyclic) bond motifs is 1. The molecule has 0 amide bonds. The first-order chi connectivity index (χ1) is 13.0. The summed E-state index contributed by atoms with van der Waals surface area (Å²) in [6, 6.07) is 4.79. The molecule has 2 N–H and O–H groups in total. The van der Waals surface area contributed by atoms with Gasteiger partial charge in [0.15, 0.2) is 5.11 Å². The Labute approximate surface area is 168 Å². The predicted octanol–water partition coefficient (Wildman–Crippen LogP) is 5.45. The molecule has 0 unspecified atom stereocenters. The molecule has 1 heterocycles. The van der Waals surface area contributed by atoms with E-state index in [0.717, 1.165) is 36.8 Å². The van der Waals surface area contributed by atoms with Crippen molar-refractivity contribution < 1.29 is 13.9 Å². The van der Waals surface area contributed by atoms with Crippen LogP contribution in [0.1, 0.15) is 52.5 Å². The van der Waals surface area contributed by atoms with Crippen LogP contribution in [0.5, 0.6) is 0 Å². The molecule has 27 heavy (non-hydrogen) atoms. The first-order valence-electron chi connectivity index (χ1n) is 9.15. The van der Waals surface area contributed by atoms with Crippen LogP contribution in [0.3, 0.4) is 0 Å². The molecule has 1 aromatic heterocycles. The molecule has 0 saturated heterocycles. The van der Waals surface area contributed by atoms with Crippen molar-refractivity contribution in [3.8, 4) is 0 Å². The van der Waals surface area contributed by atoms with Gasteiger partial charge in [-0.2, -0.15) is 0 Å². The highest BCUT2D eigenvalue weighted by Crippen LogP contribution is 2.38. The number of rotatable bonds is 4. The number of ether oxygens (including phenoxy) is 1. The highest BCUT2D eigenvalue weighted by Gasteiger charge is 2.26. The van der Waals surface area contributed by atoms with Crippen molar-refractivity contribution >= 4 is 45.3 Å². The predicted molar refractivity (Wildman–Crippen MR) is 113 cm³/mol. The summed E-state index contributed by atoms with van der Waals surface area (Å²) in [4.78, 5) is 13.8. The molecule has 0 spiro atoms. The Hall–Kier alpha value is -1.99. The summed E-state index contributed by atoms with van der Waals surface area (Å²) in [6.45, 7) is 4.00. The van der Waals surface area contributed by atoms with E-state index >= 15 is 0 Å². The van der Waals surface area contributed by atoms with Crippen LogP contribution in [0.4, 0.5) is 15.1 Å². The SMILES string of the molecule is CCOC(=O)c1c(NC(=S)Nc2cc(C)ccc2F)sc2c1CCCCC2. The van der Waals surface area contributed by atoms with Gasteiger partial charge in [0.25, 0.3) is 0 Å². The Bertz CT molecular complexity index is 864. The second-order valence-corrected chi connectivity index (χ2v) is 8.06. The molecule has 4 nitrogen and oxygen atoms in total. The Morgan fingerprint density at radius 3 is 2.81 bits per heavy atom. The Balaban J connectivity index is 1.86. The lowest BCUT2D eigenvalue weighted by Crippen LogP contribution is -2.21. The third-order valence-electron chi connectivity index (χ3n) is 4.50. The molecule has 0 saturated carbocycles. The maximum absolute atomic E-state index is 14.0. The topological polar surface area (TPSA) is 50.4 Å². The monoisotopic (exact) mass is 406 g/mol. The van der Waals surface area contributed by atoms with Crippen LogP contribution in [-0.2, 0) is 17.6 Å². The van der Waals surface area contributed by atoms with Crippen molar-refractivity contribution in [1.29, 1.82) is 0 Å². The number of aryl methyl sites for hydroxylation is 2. The van der Waals surface area contributed by atoms with Gasteiger partial charge in [-0.1, -0.05) is 12.5 Å². The lowest BCUT2D eigenvalue weighted by atomic mass is 10.1. The molecule has 1 aromatic carbocycles. The summed E-state index contributed by atoms with van der Waals surface area (Å²) >= 11 is 6.91. The van der Waals surface area contributed by atoms with Crippen molar-refractivity contribution in [2.24, 2.45) is 0 Å². The fourth-order valence-corrected chi connectivity index (χ4v) is 4.80. The number of carbonyl (C=O) groups is 1. The third kappa shape index (κ3) is 4.65. The lowest BCUT2D eigenvalue weighted by molar-refractivity contribution is 0.0527. The van der Waals surface area contributed by atoms with E-state index in [1.165, 1.54) is 17.4 Å². The van der Waals surface area contributed by atoms with Crippen LogP contribution >= 0.6 is 23.6 Å². The molecule has 1 aliphatic carbocycles. The quantitative estimate of drug-likeness (QED) is 0.402. The van der Waals surface area contributed by atoms with Gasteiger partial charge >= 0.3 is 5.97 Å². The molecule has 0 atom stereocenters. The number of carbonyl (C=O) groups excluding carboxylic acids is 1. The van der Waals surface area contributed by atoms with Crippen molar-refractivity contribution in [2.75, 3.05) is 17.2 Å². The molecule has 0 bridgehead atoms. The minimum Gasteiger partial charge on any atom is -0.462 e. The smallest absolute Gasteiger partial charge is 0.341 e. The average molecular weight is 407 g/mol. The van der Waals surface area contributed by atoms with Crippen molar-refractivity contribution in [1.82, 2.24) is 0 Å². The Morgan fingerprint density at radius 1 is 1.26 bits per heavy atom. The summed E-state index contributed by atoms with van der Waals surface area (Å²) < 4.78 is 19.3. The fraction of sp³-hybridized carbons (Fsp3) is 0.400. The number of thiophene rings is 1. The Kier molecular flexibility index (Phi) is 6.44. The fourth-order valence-electron chi connectivity index (χ4n) is 3.24. The third-order valence-corrected chi connectivity index (χ3v) is 5.91. The second-order valence-electron chi connectivity index (χ2n) is 6.55. The molecule has 1 aliphatic rings. The van der Waals surface area contributed by atoms with Crippen LogP contribution in [-0.4, -0.2) is 17.7 Å². The number of thiocarbonyl (C=S) groups is 1. The molecule has 2 aromatic rings. The number of anilines is 2. The molecule has 0 radical (unpaired) electrons. The van der Waals surface area contributed by atoms with Gasteiger partial charge in [0.05, 0.1) is 17.9 Å². The van der Waals surface area contributed by atoms with Gasteiger partial charge in [0, 0.05) is 4.88 Å². The zero-order valence-corrected chi connectivity index (χ0v) is 17.1. The van der Waals surface area contributed by atoms with Gasteiger partial charge in [0.1, 0.15) is 10.8 Å². The van der Waals surface area contributed by atoms with Gasteiger partial charge in [-0.05, 0) is 75.0 Å². The number of hydrogen-bond acceptors (Lipinski definition) is 4. The summed E-state index contributed by atoms with van der Waals surface area (Å²) in [7, 11) is 0. The van der Waals surface area contributed by atoms with Gasteiger partial charge in [-0.15, -0.1) is 11.3 Å². The maximum atomic E-state index is 14.0. The average Bonchev–Trinajstić information content (AvgIpc) is 2.79. The van der Waals surface area contributed by atoms with Crippen LogP contribution in [0, 0.1) is 12.7 Å². The maximum Gasteiger partial charge on any atom is 0.341 e. The number of nitrogens with one attached hydrogen (secondary N) is 2. The molecular weight excluding hydrogens is 383 g/mol. The molecule has 144 valence electrons. The van der Waals surface area contributed by atoms with Crippen molar-refractivity contribution in [3.05, 3.63) is 45.6 Å². The van der Waals surface area contributed by atoms with Gasteiger partial charge in [0.2, 0.25) is 0 Å². The van der Waals surface area contributed by atoms with Gasteiger partial charge in [-0.3, -0.25) is 0 Å². The zero-order valence-electron chi connectivity index (χ0n) is 15.5. The van der Waals surface area contributed by atoms with E-state index in [0.29, 0.717) is 22.9 Å². The number of halogens is 1. The summed E-state index contributed by atoms with van der Waals surface area (Å²) in [5, 5.41) is 6.91. The summed E-state index contributed by atoms with van der Waals surface area (Å²) in [6.07, 6.45) is 5.17. The van der Waals surface area contributed by atoms with Crippen LogP contribution in [0.25, 0.3) is 0 Å². The van der Waals surface area contributed by atoms with E-state index in [9.17, 15) is 9.18 Å². The number of benzene rings is 1. The van der Waals surface area contributed by atoms with Crippen molar-refractivity contribution in [2.45, 2.75) is 46.0 Å². The highest BCUT2D eigenvalue weighted by molar-refractivity contribution is 7.80. The molecule has 3 rings (SSSR count). The standard InChI is InChI=1S/C20H23FN2O2S2/c1-3-25-19(24)17-13-7-5-4-6-8-16(13)27-18(17)23-20(26)22-15-11-12(2)9-10-14(15)21/h9-11H,3-8H2,1-2H3,(H2,22,23,26). The van der Waals surface area contributed by atoms with Crippen LogP contribution < -0.4 is 10.6 Å². The number of esters is 1. The molecule has 7 heteroatoms. The molecule has 0 aliphatic heterocycles. The molecule has 0 fully saturated rings. The molecular formula is C20H23FN2O2S2.